The number of aromatic nitrogens is 7. The van der Waals surface area contributed by atoms with Crippen molar-refractivity contribution in [1.29, 1.82) is 5.26 Å². The van der Waals surface area contributed by atoms with Crippen LogP contribution in [0.25, 0.3) is 28.0 Å². The van der Waals surface area contributed by atoms with Gasteiger partial charge >= 0.3 is 0 Å². The summed E-state index contributed by atoms with van der Waals surface area (Å²) in [6.07, 6.45) is 10.7. The molecule has 0 saturated carbocycles. The van der Waals surface area contributed by atoms with Crippen LogP contribution in [0.5, 0.6) is 5.88 Å². The lowest BCUT2D eigenvalue weighted by molar-refractivity contribution is 0.249. The van der Waals surface area contributed by atoms with Crippen LogP contribution in [0.1, 0.15) is 11.1 Å². The number of piperazine rings is 1. The molecular formula is C27H26N10O. The summed E-state index contributed by atoms with van der Waals surface area (Å²) in [5.74, 6) is 1.56. The van der Waals surface area contributed by atoms with Crippen molar-refractivity contribution in [2.75, 3.05) is 38.2 Å². The van der Waals surface area contributed by atoms with Crippen LogP contribution in [-0.2, 0) is 13.6 Å². The fraction of sp³-hybridized carbons (Fsp3) is 0.259. The molecule has 38 heavy (non-hydrogen) atoms. The molecule has 11 heteroatoms. The summed E-state index contributed by atoms with van der Waals surface area (Å²) in [5.41, 5.74) is 5.41. The zero-order valence-corrected chi connectivity index (χ0v) is 21.2. The van der Waals surface area contributed by atoms with Crippen molar-refractivity contribution in [3.05, 3.63) is 72.6 Å². The maximum atomic E-state index is 9.66. The second-order valence-electron chi connectivity index (χ2n) is 9.22. The average molecular weight is 507 g/mol. The van der Waals surface area contributed by atoms with Gasteiger partial charge in [-0.15, -0.1) is 0 Å². The van der Waals surface area contributed by atoms with E-state index in [0.717, 1.165) is 55.4 Å². The number of anilines is 1. The van der Waals surface area contributed by atoms with E-state index in [0.29, 0.717) is 22.7 Å². The van der Waals surface area contributed by atoms with E-state index in [9.17, 15) is 5.26 Å². The molecule has 5 aromatic rings. The van der Waals surface area contributed by atoms with Crippen molar-refractivity contribution < 1.29 is 4.74 Å². The van der Waals surface area contributed by atoms with Gasteiger partial charge in [0, 0.05) is 75.6 Å². The highest BCUT2D eigenvalue weighted by molar-refractivity contribution is 5.83. The fourth-order valence-electron chi connectivity index (χ4n) is 4.76. The maximum absolute atomic E-state index is 9.66. The van der Waals surface area contributed by atoms with Crippen LogP contribution in [0.2, 0.25) is 0 Å². The molecule has 0 bridgehead atoms. The van der Waals surface area contributed by atoms with E-state index >= 15 is 0 Å². The van der Waals surface area contributed by atoms with Gasteiger partial charge in [-0.25, -0.2) is 19.5 Å². The molecule has 0 amide bonds. The van der Waals surface area contributed by atoms with E-state index in [4.69, 9.17) is 14.7 Å². The molecular weight excluding hydrogens is 480 g/mol. The topological polar surface area (TPSA) is 113 Å². The monoisotopic (exact) mass is 506 g/mol. The number of pyridine rings is 2. The van der Waals surface area contributed by atoms with Gasteiger partial charge in [-0.2, -0.15) is 15.5 Å². The summed E-state index contributed by atoms with van der Waals surface area (Å²) < 4.78 is 8.68. The Labute approximate surface area is 219 Å². The highest BCUT2D eigenvalue weighted by Crippen LogP contribution is 2.29. The summed E-state index contributed by atoms with van der Waals surface area (Å²) in [6.45, 7) is 4.50. The number of hydrogen-bond acceptors (Lipinski definition) is 9. The minimum absolute atomic E-state index is 0.470. The molecule has 0 unspecified atom stereocenters. The molecule has 6 heterocycles. The number of ether oxygens (including phenoxy) is 1. The lowest BCUT2D eigenvalue weighted by Gasteiger charge is -2.35. The van der Waals surface area contributed by atoms with Gasteiger partial charge in [0.2, 0.25) is 5.88 Å². The fourth-order valence-corrected chi connectivity index (χ4v) is 4.76. The van der Waals surface area contributed by atoms with Gasteiger partial charge in [-0.05, 0) is 23.8 Å². The summed E-state index contributed by atoms with van der Waals surface area (Å²) in [7, 11) is 3.50. The second kappa shape index (κ2) is 9.91. The minimum Gasteiger partial charge on any atom is -0.481 e. The first-order chi connectivity index (χ1) is 18.6. The van der Waals surface area contributed by atoms with Crippen LogP contribution >= 0.6 is 0 Å². The zero-order chi connectivity index (χ0) is 26.1. The predicted octanol–water partition coefficient (Wildman–Crippen LogP) is 2.79. The maximum Gasteiger partial charge on any atom is 0.213 e. The summed E-state index contributed by atoms with van der Waals surface area (Å²) in [5, 5.41) is 18.3. The Morgan fingerprint density at radius 2 is 1.84 bits per heavy atom. The van der Waals surface area contributed by atoms with Gasteiger partial charge in [-0.3, -0.25) is 9.58 Å². The smallest absolute Gasteiger partial charge is 0.213 e. The molecule has 6 rings (SSSR count). The number of methoxy groups -OCH3 is 1. The van der Waals surface area contributed by atoms with Crippen molar-refractivity contribution in [1.82, 2.24) is 39.2 Å². The molecule has 1 aliphatic rings. The van der Waals surface area contributed by atoms with Crippen LogP contribution in [0.15, 0.2) is 61.4 Å². The molecule has 1 saturated heterocycles. The van der Waals surface area contributed by atoms with Gasteiger partial charge in [0.15, 0.2) is 0 Å². The summed E-state index contributed by atoms with van der Waals surface area (Å²) >= 11 is 0. The number of aryl methyl sites for hydroxylation is 1. The van der Waals surface area contributed by atoms with E-state index in [1.807, 2.05) is 49.9 Å². The van der Waals surface area contributed by atoms with Crippen LogP contribution in [-0.4, -0.2) is 72.5 Å². The Balaban J connectivity index is 1.22. The average Bonchev–Trinajstić information content (AvgIpc) is 3.59. The molecule has 0 N–H and O–H groups in total. The Kier molecular flexibility index (Phi) is 6.15. The predicted molar refractivity (Wildman–Crippen MR) is 141 cm³/mol. The SMILES string of the molecule is COc1cc(CN2CCN(c3ccc(-c4nc(-c5cnn(C)c5)cn5ncc(C#N)c45)cn3)CC2)ccn1. The van der Waals surface area contributed by atoms with Gasteiger partial charge < -0.3 is 9.64 Å². The summed E-state index contributed by atoms with van der Waals surface area (Å²) in [4.78, 5) is 18.6. The Morgan fingerprint density at radius 1 is 0.974 bits per heavy atom. The highest BCUT2D eigenvalue weighted by atomic mass is 16.5. The van der Waals surface area contributed by atoms with Crippen LogP contribution in [0, 0.1) is 11.3 Å². The second-order valence-corrected chi connectivity index (χ2v) is 9.22. The first kappa shape index (κ1) is 23.6. The molecule has 0 spiro atoms. The van der Waals surface area contributed by atoms with E-state index in [1.165, 1.54) is 5.56 Å². The van der Waals surface area contributed by atoms with Crippen molar-refractivity contribution >= 4 is 11.3 Å². The van der Waals surface area contributed by atoms with E-state index in [1.54, 1.807) is 34.9 Å². The molecule has 11 nitrogen and oxygen atoms in total. The number of hydrogen-bond donors (Lipinski definition) is 0. The van der Waals surface area contributed by atoms with Gasteiger partial charge in [0.25, 0.3) is 0 Å². The summed E-state index contributed by atoms with van der Waals surface area (Å²) in [6, 6.07) is 10.3. The lowest BCUT2D eigenvalue weighted by Crippen LogP contribution is -2.46. The first-order valence-electron chi connectivity index (χ1n) is 12.3. The molecule has 5 aromatic heterocycles. The first-order valence-corrected chi connectivity index (χ1v) is 12.3. The number of rotatable bonds is 6. The van der Waals surface area contributed by atoms with Crippen molar-refractivity contribution in [3.8, 4) is 34.5 Å². The normalized spacial score (nSPS) is 14.1. The third kappa shape index (κ3) is 4.53. The molecule has 0 aliphatic carbocycles. The Morgan fingerprint density at radius 3 is 2.55 bits per heavy atom. The van der Waals surface area contributed by atoms with Crippen molar-refractivity contribution in [2.45, 2.75) is 6.54 Å². The third-order valence-electron chi connectivity index (χ3n) is 6.75. The van der Waals surface area contributed by atoms with Crippen molar-refractivity contribution in [3.63, 3.8) is 0 Å². The lowest BCUT2D eigenvalue weighted by atomic mass is 10.1. The molecule has 1 fully saturated rings. The number of nitrogens with zero attached hydrogens (tertiary/aromatic N) is 10. The molecule has 1 aliphatic heterocycles. The van der Waals surface area contributed by atoms with Crippen LogP contribution < -0.4 is 9.64 Å². The van der Waals surface area contributed by atoms with Gasteiger partial charge in [0.1, 0.15) is 23.0 Å². The third-order valence-corrected chi connectivity index (χ3v) is 6.75. The van der Waals surface area contributed by atoms with Crippen LogP contribution in [0.4, 0.5) is 5.82 Å². The molecule has 0 radical (unpaired) electrons. The van der Waals surface area contributed by atoms with Gasteiger partial charge in [-0.1, -0.05) is 0 Å². The van der Waals surface area contributed by atoms with E-state index in [2.05, 4.69) is 31.1 Å². The number of nitriles is 1. The van der Waals surface area contributed by atoms with E-state index in [-0.39, 0.29) is 0 Å². The standard InChI is InChI=1S/C27H26N10O/c1-34-17-22(15-31-34)23-18-37-27(21(12-28)14-32-37)26(33-23)20-3-4-24(30-13-20)36-9-7-35(8-10-36)16-19-5-6-29-25(11-19)38-2/h3-6,11,13-15,17-18H,7-10,16H2,1-2H3. The quantitative estimate of drug-likeness (QED) is 0.343. The molecule has 190 valence electrons. The van der Waals surface area contributed by atoms with Crippen LogP contribution in [0.3, 0.4) is 0 Å². The zero-order valence-electron chi connectivity index (χ0n) is 21.2. The minimum atomic E-state index is 0.470. The Bertz CT molecular complexity index is 1620. The van der Waals surface area contributed by atoms with E-state index < -0.39 is 0 Å². The molecule has 0 aromatic carbocycles. The number of fused-ring (bicyclic) bond motifs is 1. The molecule has 0 atom stereocenters. The Hall–Kier alpha value is -4.82. The van der Waals surface area contributed by atoms with Gasteiger partial charge in [0.05, 0.1) is 37.1 Å². The largest absolute Gasteiger partial charge is 0.481 e. The highest BCUT2D eigenvalue weighted by Gasteiger charge is 2.20. The van der Waals surface area contributed by atoms with Crippen molar-refractivity contribution in [2.24, 2.45) is 7.05 Å².